The molecule has 1 aliphatic rings. The third kappa shape index (κ3) is 6.33. The van der Waals surface area contributed by atoms with Gasteiger partial charge in [0, 0.05) is 41.5 Å². The molecule has 0 saturated heterocycles. The standard InChI is InChI=1S/C33H35ClF3N5O2/c1-38-17-20-12-11-19(16-28(20)43-3)30-29(34)25(13-14-40-30)23-7-5-9-24-22(23)8-6-10-27(24)41-31-26(33(35,36)37)15-21(18-39-2)32(42-31)44-4/h5,7,9,11-16,27,38-39H,6,8,10,17-18H2,1-4H3,(H,41,42)/t27-/m0/s1. The molecule has 2 aromatic carbocycles. The summed E-state index contributed by atoms with van der Waals surface area (Å²) in [4.78, 5) is 8.87. The molecule has 3 N–H and O–H groups in total. The van der Waals surface area contributed by atoms with E-state index in [2.05, 4.69) is 25.9 Å². The van der Waals surface area contributed by atoms with Gasteiger partial charge in [-0.05, 0) is 68.2 Å². The molecule has 7 nitrogen and oxygen atoms in total. The van der Waals surface area contributed by atoms with Crippen LogP contribution in [-0.4, -0.2) is 38.3 Å². The summed E-state index contributed by atoms with van der Waals surface area (Å²) >= 11 is 7.04. The zero-order valence-corrected chi connectivity index (χ0v) is 25.8. The number of hydrogen-bond donors (Lipinski definition) is 3. The minimum absolute atomic E-state index is 0.145. The van der Waals surface area contributed by atoms with Crippen molar-refractivity contribution in [2.45, 2.75) is 44.6 Å². The van der Waals surface area contributed by atoms with Crippen LogP contribution in [0.1, 0.15) is 46.7 Å². The van der Waals surface area contributed by atoms with Gasteiger partial charge in [-0.15, -0.1) is 0 Å². The van der Waals surface area contributed by atoms with E-state index < -0.39 is 17.8 Å². The number of pyridine rings is 2. The lowest BCUT2D eigenvalue weighted by Gasteiger charge is -2.30. The van der Waals surface area contributed by atoms with E-state index in [1.54, 1.807) is 20.4 Å². The fourth-order valence-corrected chi connectivity index (χ4v) is 6.18. The lowest BCUT2D eigenvalue weighted by atomic mass is 9.83. The largest absolute Gasteiger partial charge is 0.496 e. The Morgan fingerprint density at radius 3 is 2.43 bits per heavy atom. The SMILES string of the molecule is CNCc1ccc(-c2nccc(-c3cccc4c3CCC[C@@H]4Nc3nc(OC)c(CNC)cc3C(F)(F)F)c2Cl)cc1OC. The van der Waals surface area contributed by atoms with E-state index in [9.17, 15) is 13.2 Å². The second-order valence-electron chi connectivity index (χ2n) is 10.6. The molecule has 0 amide bonds. The molecule has 232 valence electrons. The quantitative estimate of drug-likeness (QED) is 0.169. The molecule has 1 aliphatic carbocycles. The van der Waals surface area contributed by atoms with E-state index in [1.807, 2.05) is 49.5 Å². The van der Waals surface area contributed by atoms with Crippen LogP contribution in [0.5, 0.6) is 11.6 Å². The number of anilines is 1. The second kappa shape index (κ2) is 13.4. The third-order valence-corrected chi connectivity index (χ3v) is 8.24. The monoisotopic (exact) mass is 625 g/mol. The van der Waals surface area contributed by atoms with Crippen molar-refractivity contribution in [1.82, 2.24) is 20.6 Å². The van der Waals surface area contributed by atoms with Gasteiger partial charge in [0.2, 0.25) is 5.88 Å². The Kier molecular flexibility index (Phi) is 9.62. The molecule has 11 heteroatoms. The Balaban J connectivity index is 1.54. The van der Waals surface area contributed by atoms with E-state index in [4.69, 9.17) is 21.1 Å². The molecule has 4 aromatic rings. The maximum atomic E-state index is 14.2. The highest BCUT2D eigenvalue weighted by atomic mass is 35.5. The van der Waals surface area contributed by atoms with Crippen LogP contribution in [0.2, 0.25) is 5.02 Å². The van der Waals surface area contributed by atoms with Gasteiger partial charge in [0.05, 0.1) is 36.5 Å². The smallest absolute Gasteiger partial charge is 0.419 e. The van der Waals surface area contributed by atoms with Crippen LogP contribution >= 0.6 is 11.6 Å². The molecule has 0 unspecified atom stereocenters. The van der Waals surface area contributed by atoms with Crippen molar-refractivity contribution < 1.29 is 22.6 Å². The van der Waals surface area contributed by atoms with Gasteiger partial charge < -0.3 is 25.4 Å². The highest BCUT2D eigenvalue weighted by Gasteiger charge is 2.37. The van der Waals surface area contributed by atoms with Crippen LogP contribution in [0.3, 0.4) is 0 Å². The number of nitrogens with zero attached hydrogens (tertiary/aromatic N) is 2. The number of benzene rings is 2. The van der Waals surface area contributed by atoms with Gasteiger partial charge in [-0.3, -0.25) is 4.98 Å². The van der Waals surface area contributed by atoms with Crippen molar-refractivity contribution in [3.8, 4) is 34.0 Å². The van der Waals surface area contributed by atoms with Crippen molar-refractivity contribution in [2.75, 3.05) is 33.6 Å². The van der Waals surface area contributed by atoms with Gasteiger partial charge in [-0.25, -0.2) is 0 Å². The average Bonchev–Trinajstić information content (AvgIpc) is 3.01. The lowest BCUT2D eigenvalue weighted by Crippen LogP contribution is -2.22. The summed E-state index contributed by atoms with van der Waals surface area (Å²) in [6.07, 6.45) is -0.699. The van der Waals surface area contributed by atoms with Crippen LogP contribution in [0.25, 0.3) is 22.4 Å². The second-order valence-corrected chi connectivity index (χ2v) is 11.0. The maximum Gasteiger partial charge on any atom is 0.419 e. The van der Waals surface area contributed by atoms with Gasteiger partial charge in [-0.2, -0.15) is 18.2 Å². The molecule has 44 heavy (non-hydrogen) atoms. The number of fused-ring (bicyclic) bond motifs is 1. The minimum atomic E-state index is -4.60. The lowest BCUT2D eigenvalue weighted by molar-refractivity contribution is -0.137. The summed E-state index contributed by atoms with van der Waals surface area (Å²) in [6.45, 7) is 0.847. The summed E-state index contributed by atoms with van der Waals surface area (Å²) in [5.74, 6) is 0.622. The number of aromatic nitrogens is 2. The van der Waals surface area contributed by atoms with E-state index in [0.29, 0.717) is 29.2 Å². The Labute approximate surface area is 260 Å². The van der Waals surface area contributed by atoms with Gasteiger partial charge in [0.1, 0.15) is 11.6 Å². The zero-order valence-electron chi connectivity index (χ0n) is 25.0. The summed E-state index contributed by atoms with van der Waals surface area (Å²) in [6, 6.07) is 14.3. The molecule has 5 rings (SSSR count). The normalized spacial score (nSPS) is 14.7. The molecule has 0 radical (unpaired) electrons. The first kappa shape index (κ1) is 31.6. The van der Waals surface area contributed by atoms with Gasteiger partial charge in [0.25, 0.3) is 0 Å². The number of nitrogens with one attached hydrogen (secondary N) is 3. The van der Waals surface area contributed by atoms with Crippen LogP contribution in [0, 0.1) is 0 Å². The van der Waals surface area contributed by atoms with Gasteiger partial charge in [0.15, 0.2) is 0 Å². The van der Waals surface area contributed by atoms with Crippen LogP contribution in [0.15, 0.2) is 54.7 Å². The molecule has 0 aliphatic heterocycles. The molecule has 0 fully saturated rings. The predicted molar refractivity (Wildman–Crippen MR) is 167 cm³/mol. The fraction of sp³-hybridized carbons (Fsp3) is 0.333. The zero-order chi connectivity index (χ0) is 31.4. The minimum Gasteiger partial charge on any atom is -0.496 e. The number of ether oxygens (including phenoxy) is 2. The van der Waals surface area contributed by atoms with Crippen LogP contribution in [-0.2, 0) is 25.7 Å². The number of hydrogen-bond acceptors (Lipinski definition) is 7. The van der Waals surface area contributed by atoms with Gasteiger partial charge in [-0.1, -0.05) is 41.9 Å². The number of alkyl halides is 3. The number of rotatable bonds is 10. The first-order chi connectivity index (χ1) is 21.2. The molecule has 2 heterocycles. The van der Waals surface area contributed by atoms with E-state index >= 15 is 0 Å². The first-order valence-electron chi connectivity index (χ1n) is 14.3. The highest BCUT2D eigenvalue weighted by molar-refractivity contribution is 6.35. The van der Waals surface area contributed by atoms with Crippen molar-refractivity contribution in [3.05, 3.63) is 87.6 Å². The van der Waals surface area contributed by atoms with Crippen molar-refractivity contribution in [2.24, 2.45) is 0 Å². The van der Waals surface area contributed by atoms with E-state index in [0.717, 1.165) is 58.0 Å². The molecule has 2 aromatic heterocycles. The van der Waals surface area contributed by atoms with Crippen LogP contribution in [0.4, 0.5) is 19.0 Å². The Morgan fingerprint density at radius 2 is 1.73 bits per heavy atom. The molecule has 0 saturated carbocycles. The predicted octanol–water partition coefficient (Wildman–Crippen LogP) is 7.43. The molecule has 0 spiro atoms. The maximum absolute atomic E-state index is 14.2. The van der Waals surface area contributed by atoms with E-state index in [-0.39, 0.29) is 18.2 Å². The third-order valence-electron chi connectivity index (χ3n) is 7.85. The topological polar surface area (TPSA) is 80.3 Å². The Hall–Kier alpha value is -3.86. The summed E-state index contributed by atoms with van der Waals surface area (Å²) in [5, 5.41) is 9.62. The Morgan fingerprint density at radius 1 is 0.955 bits per heavy atom. The molecule has 1 atom stereocenters. The van der Waals surface area contributed by atoms with E-state index in [1.165, 1.54) is 7.11 Å². The molecular formula is C33H35ClF3N5O2. The Bertz CT molecular complexity index is 1650. The molecular weight excluding hydrogens is 591 g/mol. The summed E-state index contributed by atoms with van der Waals surface area (Å²) < 4.78 is 53.5. The number of halogens is 4. The molecule has 0 bridgehead atoms. The van der Waals surface area contributed by atoms with Crippen molar-refractivity contribution in [1.29, 1.82) is 0 Å². The average molecular weight is 626 g/mol. The fourth-order valence-electron chi connectivity index (χ4n) is 5.86. The number of methoxy groups -OCH3 is 2. The van der Waals surface area contributed by atoms with Crippen LogP contribution < -0.4 is 25.4 Å². The first-order valence-corrected chi connectivity index (χ1v) is 14.7. The van der Waals surface area contributed by atoms with Crippen molar-refractivity contribution in [3.63, 3.8) is 0 Å². The highest BCUT2D eigenvalue weighted by Crippen LogP contribution is 2.44. The van der Waals surface area contributed by atoms with Gasteiger partial charge >= 0.3 is 6.18 Å². The summed E-state index contributed by atoms with van der Waals surface area (Å²) in [5.41, 5.74) is 5.63. The summed E-state index contributed by atoms with van der Waals surface area (Å²) in [7, 11) is 6.56. The van der Waals surface area contributed by atoms with Crippen molar-refractivity contribution >= 4 is 17.4 Å².